The topological polar surface area (TPSA) is 49.0 Å². The van der Waals surface area contributed by atoms with Crippen LogP contribution in [0.3, 0.4) is 0 Å². The van der Waals surface area contributed by atoms with Crippen molar-refractivity contribution in [2.75, 3.05) is 13.1 Å². The third-order valence-electron chi connectivity index (χ3n) is 6.70. The number of H-pyrrole nitrogens is 1. The van der Waals surface area contributed by atoms with Gasteiger partial charge >= 0.3 is 0 Å². The Kier molecular flexibility index (Phi) is 2.55. The van der Waals surface area contributed by atoms with E-state index in [0.717, 1.165) is 24.9 Å². The third-order valence-corrected chi connectivity index (χ3v) is 6.70. The Hall–Kier alpha value is -1.91. The molecule has 4 atom stereocenters. The Morgan fingerprint density at radius 1 is 1.43 bits per heavy atom. The molecule has 0 unspecified atom stereocenters. The van der Waals surface area contributed by atoms with E-state index in [2.05, 4.69) is 16.9 Å². The molecule has 2 heterocycles. The molecule has 0 spiro atoms. The SMILES string of the molecule is C[C@]12CN(C(=O)c3nc4ccc(F)cc4[nH]3)C[C@H]1[C@H]1CC[C@@H]2C1. The van der Waals surface area contributed by atoms with E-state index in [4.69, 9.17) is 0 Å². The van der Waals surface area contributed by atoms with Gasteiger partial charge in [0.1, 0.15) is 5.82 Å². The molecule has 5 rings (SSSR count). The zero-order valence-corrected chi connectivity index (χ0v) is 13.2. The van der Waals surface area contributed by atoms with Crippen LogP contribution >= 0.6 is 0 Å². The summed E-state index contributed by atoms with van der Waals surface area (Å²) in [6.07, 6.45) is 4.01. The van der Waals surface area contributed by atoms with E-state index in [1.54, 1.807) is 6.07 Å². The predicted octanol–water partition coefficient (Wildman–Crippen LogP) is 3.21. The zero-order valence-electron chi connectivity index (χ0n) is 13.2. The van der Waals surface area contributed by atoms with Gasteiger partial charge in [0.05, 0.1) is 11.0 Å². The summed E-state index contributed by atoms with van der Waals surface area (Å²) in [6, 6.07) is 4.37. The first-order valence-corrected chi connectivity index (χ1v) is 8.49. The van der Waals surface area contributed by atoms with E-state index in [9.17, 15) is 9.18 Å². The van der Waals surface area contributed by atoms with Gasteiger partial charge in [0, 0.05) is 13.1 Å². The van der Waals surface area contributed by atoms with Crippen LogP contribution < -0.4 is 0 Å². The Bertz CT molecular complexity index is 816. The summed E-state index contributed by atoms with van der Waals surface area (Å²) in [5, 5.41) is 0. The van der Waals surface area contributed by atoms with Gasteiger partial charge in [-0.15, -0.1) is 0 Å². The molecule has 1 aromatic carbocycles. The second-order valence-electron chi connectivity index (χ2n) is 7.81. The highest BCUT2D eigenvalue weighted by atomic mass is 19.1. The van der Waals surface area contributed by atoms with Crippen LogP contribution in [0.15, 0.2) is 18.2 Å². The number of aromatic amines is 1. The molecule has 120 valence electrons. The molecule has 4 nitrogen and oxygen atoms in total. The molecule has 2 aliphatic carbocycles. The van der Waals surface area contributed by atoms with E-state index in [-0.39, 0.29) is 17.1 Å². The summed E-state index contributed by atoms with van der Waals surface area (Å²) in [7, 11) is 0. The lowest BCUT2D eigenvalue weighted by Crippen LogP contribution is -2.34. The van der Waals surface area contributed by atoms with Crippen molar-refractivity contribution in [3.8, 4) is 0 Å². The summed E-state index contributed by atoms with van der Waals surface area (Å²) in [5.74, 6) is 2.19. The lowest BCUT2D eigenvalue weighted by Gasteiger charge is -2.34. The fourth-order valence-corrected chi connectivity index (χ4v) is 5.53. The lowest BCUT2D eigenvalue weighted by atomic mass is 9.70. The van der Waals surface area contributed by atoms with E-state index in [1.807, 2.05) is 4.90 Å². The molecule has 1 amide bonds. The van der Waals surface area contributed by atoms with Crippen molar-refractivity contribution < 1.29 is 9.18 Å². The van der Waals surface area contributed by atoms with Gasteiger partial charge in [0.25, 0.3) is 5.91 Å². The number of hydrogen-bond acceptors (Lipinski definition) is 2. The summed E-state index contributed by atoms with van der Waals surface area (Å²) >= 11 is 0. The highest BCUT2D eigenvalue weighted by Gasteiger charge is 2.59. The van der Waals surface area contributed by atoms with Gasteiger partial charge in [0.2, 0.25) is 0 Å². The third kappa shape index (κ3) is 1.76. The lowest BCUT2D eigenvalue weighted by molar-refractivity contribution is 0.0749. The number of carbonyl (C=O) groups is 1. The number of rotatable bonds is 1. The Balaban J connectivity index is 1.44. The summed E-state index contributed by atoms with van der Waals surface area (Å²) in [6.45, 7) is 4.05. The maximum absolute atomic E-state index is 13.3. The molecule has 1 aliphatic heterocycles. The standard InChI is InChI=1S/C18H20FN3O/c1-18-9-22(8-13(18)10-2-3-11(18)6-10)17(23)16-20-14-5-4-12(19)7-15(14)21-16/h4-5,7,10-11,13H,2-3,6,8-9H2,1H3,(H,20,21)/t10-,11+,13-,18+/m0/s1. The number of imidazole rings is 1. The Morgan fingerprint density at radius 3 is 3.13 bits per heavy atom. The first kappa shape index (κ1) is 13.5. The average molecular weight is 313 g/mol. The summed E-state index contributed by atoms with van der Waals surface area (Å²) in [5.41, 5.74) is 1.51. The van der Waals surface area contributed by atoms with Gasteiger partial charge in [-0.3, -0.25) is 4.79 Å². The minimum Gasteiger partial charge on any atom is -0.335 e. The van der Waals surface area contributed by atoms with Gasteiger partial charge in [-0.1, -0.05) is 6.92 Å². The van der Waals surface area contributed by atoms with Crippen molar-refractivity contribution in [2.24, 2.45) is 23.2 Å². The normalized spacial score (nSPS) is 35.2. The van der Waals surface area contributed by atoms with Crippen LogP contribution in [-0.2, 0) is 0 Å². The van der Waals surface area contributed by atoms with Gasteiger partial charge in [-0.25, -0.2) is 9.37 Å². The fraction of sp³-hybridized carbons (Fsp3) is 0.556. The van der Waals surface area contributed by atoms with Gasteiger partial charge < -0.3 is 9.88 Å². The first-order chi connectivity index (χ1) is 11.0. The predicted molar refractivity (Wildman–Crippen MR) is 84.4 cm³/mol. The number of hydrogen-bond donors (Lipinski definition) is 1. The van der Waals surface area contributed by atoms with E-state index >= 15 is 0 Å². The van der Waals surface area contributed by atoms with Crippen LogP contribution in [0, 0.1) is 29.0 Å². The minimum absolute atomic E-state index is 0.0448. The van der Waals surface area contributed by atoms with Crippen LogP contribution in [0.25, 0.3) is 11.0 Å². The van der Waals surface area contributed by atoms with Crippen molar-refractivity contribution in [1.82, 2.24) is 14.9 Å². The number of likely N-dealkylation sites (tertiary alicyclic amines) is 1. The van der Waals surface area contributed by atoms with Crippen molar-refractivity contribution in [3.05, 3.63) is 29.8 Å². The van der Waals surface area contributed by atoms with Crippen molar-refractivity contribution >= 4 is 16.9 Å². The highest BCUT2D eigenvalue weighted by Crippen LogP contribution is 2.62. The van der Waals surface area contributed by atoms with E-state index in [1.165, 1.54) is 31.4 Å². The Morgan fingerprint density at radius 2 is 2.30 bits per heavy atom. The molecule has 23 heavy (non-hydrogen) atoms. The number of fused-ring (bicyclic) bond motifs is 6. The van der Waals surface area contributed by atoms with Crippen LogP contribution in [0.5, 0.6) is 0 Å². The molecular formula is C18H20FN3O. The number of halogens is 1. The average Bonchev–Trinajstić information content (AvgIpc) is 3.24. The second kappa shape index (κ2) is 4.34. The highest BCUT2D eigenvalue weighted by molar-refractivity contribution is 5.94. The van der Waals surface area contributed by atoms with Gasteiger partial charge in [-0.2, -0.15) is 0 Å². The van der Waals surface area contributed by atoms with Gasteiger partial charge in [0.15, 0.2) is 5.82 Å². The van der Waals surface area contributed by atoms with Crippen LogP contribution in [0.4, 0.5) is 4.39 Å². The van der Waals surface area contributed by atoms with Gasteiger partial charge in [-0.05, 0) is 60.6 Å². The molecule has 2 bridgehead atoms. The maximum Gasteiger partial charge on any atom is 0.289 e. The minimum atomic E-state index is -0.320. The largest absolute Gasteiger partial charge is 0.335 e. The summed E-state index contributed by atoms with van der Waals surface area (Å²) < 4.78 is 13.3. The Labute approximate surface area is 134 Å². The number of nitrogens with zero attached hydrogens (tertiary/aromatic N) is 2. The van der Waals surface area contributed by atoms with Crippen molar-refractivity contribution in [2.45, 2.75) is 26.2 Å². The molecule has 5 heteroatoms. The van der Waals surface area contributed by atoms with Crippen LogP contribution in [-0.4, -0.2) is 33.9 Å². The number of carbonyl (C=O) groups excluding carboxylic acids is 1. The van der Waals surface area contributed by atoms with Crippen LogP contribution in [0.1, 0.15) is 36.8 Å². The number of benzene rings is 1. The molecule has 3 aliphatic rings. The van der Waals surface area contributed by atoms with Crippen LogP contribution in [0.2, 0.25) is 0 Å². The number of aromatic nitrogens is 2. The maximum atomic E-state index is 13.3. The smallest absolute Gasteiger partial charge is 0.289 e. The van der Waals surface area contributed by atoms with Crippen molar-refractivity contribution in [3.63, 3.8) is 0 Å². The monoisotopic (exact) mass is 313 g/mol. The first-order valence-electron chi connectivity index (χ1n) is 8.49. The number of nitrogens with one attached hydrogen (secondary N) is 1. The summed E-state index contributed by atoms with van der Waals surface area (Å²) in [4.78, 5) is 22.2. The second-order valence-corrected chi connectivity index (χ2v) is 7.81. The molecule has 1 N–H and O–H groups in total. The van der Waals surface area contributed by atoms with Crippen molar-refractivity contribution in [1.29, 1.82) is 0 Å². The zero-order chi connectivity index (χ0) is 15.8. The molecule has 2 saturated carbocycles. The molecule has 1 saturated heterocycles. The quantitative estimate of drug-likeness (QED) is 0.879. The molecule has 1 aromatic heterocycles. The van der Waals surface area contributed by atoms with E-state index in [0.29, 0.717) is 22.8 Å². The molecule has 0 radical (unpaired) electrons. The van der Waals surface area contributed by atoms with E-state index < -0.39 is 0 Å². The molecular weight excluding hydrogens is 293 g/mol. The number of amides is 1. The fourth-order valence-electron chi connectivity index (χ4n) is 5.53. The molecule has 2 aromatic rings. The molecule has 3 fully saturated rings.